The molecule has 0 aliphatic heterocycles. The van der Waals surface area contributed by atoms with Crippen molar-refractivity contribution < 1.29 is 9.90 Å². The maximum atomic E-state index is 10.5. The van der Waals surface area contributed by atoms with E-state index in [2.05, 4.69) is 6.92 Å². The van der Waals surface area contributed by atoms with E-state index in [0.717, 1.165) is 12.8 Å². The monoisotopic (exact) mass is 126 g/mol. The van der Waals surface area contributed by atoms with Gasteiger partial charge in [0.15, 0.2) is 0 Å². The van der Waals surface area contributed by atoms with Crippen LogP contribution >= 0.6 is 0 Å². The first kappa shape index (κ1) is 5.27. The minimum Gasteiger partial charge on any atom is -0.481 e. The zero-order valence-electron chi connectivity index (χ0n) is 5.42. The van der Waals surface area contributed by atoms with Crippen LogP contribution in [0.1, 0.15) is 19.8 Å². The van der Waals surface area contributed by atoms with Crippen LogP contribution in [0, 0.1) is 17.3 Å². The van der Waals surface area contributed by atoms with Crippen LogP contribution in [-0.4, -0.2) is 11.1 Å². The van der Waals surface area contributed by atoms with E-state index in [1.54, 1.807) is 0 Å². The number of hydrogen-bond acceptors (Lipinski definition) is 1. The van der Waals surface area contributed by atoms with Crippen molar-refractivity contribution in [1.29, 1.82) is 0 Å². The molecule has 2 fully saturated rings. The van der Waals surface area contributed by atoms with Crippen molar-refractivity contribution in [1.82, 2.24) is 0 Å². The molecule has 0 aromatic heterocycles. The van der Waals surface area contributed by atoms with Crippen LogP contribution in [0.25, 0.3) is 0 Å². The zero-order valence-corrected chi connectivity index (χ0v) is 5.42. The lowest BCUT2D eigenvalue weighted by Gasteiger charge is -2.27. The van der Waals surface area contributed by atoms with Gasteiger partial charge in [0, 0.05) is 0 Å². The fourth-order valence-corrected chi connectivity index (χ4v) is 2.20. The summed E-state index contributed by atoms with van der Waals surface area (Å²) in [4.78, 5) is 10.5. The molecule has 2 heteroatoms. The predicted molar refractivity (Wildman–Crippen MR) is 32.0 cm³/mol. The molecule has 1 N–H and O–H groups in total. The molecule has 0 bridgehead atoms. The minimum absolute atomic E-state index is 0.223. The summed E-state index contributed by atoms with van der Waals surface area (Å²) >= 11 is 0. The van der Waals surface area contributed by atoms with E-state index in [4.69, 9.17) is 5.11 Å². The molecule has 3 atom stereocenters. The highest BCUT2D eigenvalue weighted by molar-refractivity contribution is 5.80. The molecule has 0 spiro atoms. The molecule has 0 radical (unpaired) electrons. The van der Waals surface area contributed by atoms with Gasteiger partial charge in [-0.2, -0.15) is 0 Å². The Morgan fingerprint density at radius 2 is 2.33 bits per heavy atom. The molecule has 0 saturated heterocycles. The van der Waals surface area contributed by atoms with Crippen molar-refractivity contribution in [2.75, 3.05) is 0 Å². The fourth-order valence-electron chi connectivity index (χ4n) is 2.20. The van der Waals surface area contributed by atoms with Crippen LogP contribution < -0.4 is 0 Å². The second kappa shape index (κ2) is 1.15. The van der Waals surface area contributed by atoms with Gasteiger partial charge in [0.1, 0.15) is 0 Å². The SMILES string of the molecule is CC1C[C@]2(C(=O)O)CC12. The van der Waals surface area contributed by atoms with E-state index in [0.29, 0.717) is 11.8 Å². The molecule has 0 aromatic rings. The smallest absolute Gasteiger partial charge is 0.309 e. The van der Waals surface area contributed by atoms with Crippen LogP contribution in [0.3, 0.4) is 0 Å². The number of aliphatic carboxylic acids is 1. The van der Waals surface area contributed by atoms with Crippen molar-refractivity contribution in [3.8, 4) is 0 Å². The van der Waals surface area contributed by atoms with Gasteiger partial charge < -0.3 is 5.11 Å². The molecular formula is C7H10O2. The average molecular weight is 126 g/mol. The fraction of sp³-hybridized carbons (Fsp3) is 0.857. The van der Waals surface area contributed by atoms with Gasteiger partial charge in [0.05, 0.1) is 5.41 Å². The second-order valence-corrected chi connectivity index (χ2v) is 3.45. The van der Waals surface area contributed by atoms with Crippen molar-refractivity contribution in [3.63, 3.8) is 0 Å². The molecule has 9 heavy (non-hydrogen) atoms. The number of hydrogen-bond donors (Lipinski definition) is 1. The molecule has 0 aromatic carbocycles. The van der Waals surface area contributed by atoms with Gasteiger partial charge in [-0.05, 0) is 24.7 Å². The summed E-state index contributed by atoms with van der Waals surface area (Å²) in [6.45, 7) is 2.14. The van der Waals surface area contributed by atoms with Crippen LogP contribution in [0.15, 0.2) is 0 Å². The summed E-state index contributed by atoms with van der Waals surface area (Å²) in [5, 5.41) is 8.65. The molecule has 0 heterocycles. The number of fused-ring (bicyclic) bond motifs is 1. The zero-order chi connectivity index (χ0) is 6.65. The molecule has 50 valence electrons. The third-order valence-electron chi connectivity index (χ3n) is 2.93. The Labute approximate surface area is 53.9 Å². The first-order valence-electron chi connectivity index (χ1n) is 3.40. The Balaban J connectivity index is 2.12. The lowest BCUT2D eigenvalue weighted by Crippen LogP contribution is -2.31. The minimum atomic E-state index is -0.564. The van der Waals surface area contributed by atoms with Gasteiger partial charge in [0.25, 0.3) is 0 Å². The third-order valence-corrected chi connectivity index (χ3v) is 2.93. The third kappa shape index (κ3) is 0.406. The van der Waals surface area contributed by atoms with Crippen molar-refractivity contribution in [2.24, 2.45) is 17.3 Å². The molecule has 2 aliphatic rings. The molecule has 0 amide bonds. The number of rotatable bonds is 1. The Morgan fingerprint density at radius 3 is 2.44 bits per heavy atom. The Hall–Kier alpha value is -0.530. The molecule has 2 rings (SSSR count). The Kier molecular flexibility index (Phi) is 0.675. The lowest BCUT2D eigenvalue weighted by molar-refractivity contribution is -0.148. The topological polar surface area (TPSA) is 37.3 Å². The quantitative estimate of drug-likeness (QED) is 0.571. The largest absolute Gasteiger partial charge is 0.481 e. The standard InChI is InChI=1S/C7H10O2/c1-4-2-7(6(8)9)3-5(4)7/h4-5H,2-3H2,1H3,(H,8,9)/t4?,5?,7-/m0/s1. The van der Waals surface area contributed by atoms with Crippen LogP contribution in [0.2, 0.25) is 0 Å². The summed E-state index contributed by atoms with van der Waals surface area (Å²) in [5.74, 6) is 0.654. The molecule has 2 nitrogen and oxygen atoms in total. The summed E-state index contributed by atoms with van der Waals surface area (Å²) in [7, 11) is 0. The maximum Gasteiger partial charge on any atom is 0.309 e. The van der Waals surface area contributed by atoms with Crippen LogP contribution in [0.4, 0.5) is 0 Å². The van der Waals surface area contributed by atoms with Gasteiger partial charge in [-0.1, -0.05) is 6.92 Å². The molecule has 2 aliphatic carbocycles. The van der Waals surface area contributed by atoms with E-state index >= 15 is 0 Å². The summed E-state index contributed by atoms with van der Waals surface area (Å²) in [5.41, 5.74) is -0.223. The van der Waals surface area contributed by atoms with Gasteiger partial charge >= 0.3 is 5.97 Å². The molecule has 2 unspecified atom stereocenters. The number of carboxylic acid groups (broad SMARTS) is 1. The highest BCUT2D eigenvalue weighted by Crippen LogP contribution is 2.70. The van der Waals surface area contributed by atoms with Crippen LogP contribution in [0.5, 0.6) is 0 Å². The average Bonchev–Trinajstić information content (AvgIpc) is 2.36. The maximum absolute atomic E-state index is 10.5. The first-order valence-corrected chi connectivity index (χ1v) is 3.40. The normalized spacial score (nSPS) is 53.4. The van der Waals surface area contributed by atoms with E-state index in [-0.39, 0.29) is 5.41 Å². The van der Waals surface area contributed by atoms with Gasteiger partial charge in [-0.25, -0.2) is 0 Å². The van der Waals surface area contributed by atoms with Gasteiger partial charge in [-0.3, -0.25) is 4.79 Å². The number of carbonyl (C=O) groups is 1. The first-order chi connectivity index (χ1) is 4.17. The summed E-state index contributed by atoms with van der Waals surface area (Å²) in [6.07, 6.45) is 1.87. The predicted octanol–water partition coefficient (Wildman–Crippen LogP) is 1.12. The summed E-state index contributed by atoms with van der Waals surface area (Å²) < 4.78 is 0. The highest BCUT2D eigenvalue weighted by atomic mass is 16.4. The number of carboxylic acids is 1. The van der Waals surface area contributed by atoms with Gasteiger partial charge in [0.2, 0.25) is 0 Å². The second-order valence-electron chi connectivity index (χ2n) is 3.45. The Bertz CT molecular complexity index is 176. The highest BCUT2D eigenvalue weighted by Gasteiger charge is 2.70. The molecule has 2 saturated carbocycles. The van der Waals surface area contributed by atoms with Crippen molar-refractivity contribution in [3.05, 3.63) is 0 Å². The van der Waals surface area contributed by atoms with E-state index in [1.807, 2.05) is 0 Å². The van der Waals surface area contributed by atoms with Crippen molar-refractivity contribution >= 4 is 5.97 Å². The Morgan fingerprint density at radius 1 is 1.67 bits per heavy atom. The van der Waals surface area contributed by atoms with E-state index in [9.17, 15) is 4.79 Å². The molecular weight excluding hydrogens is 116 g/mol. The lowest BCUT2D eigenvalue weighted by atomic mass is 9.76. The van der Waals surface area contributed by atoms with E-state index < -0.39 is 5.97 Å². The van der Waals surface area contributed by atoms with Crippen molar-refractivity contribution in [2.45, 2.75) is 19.8 Å². The van der Waals surface area contributed by atoms with Gasteiger partial charge in [-0.15, -0.1) is 0 Å². The van der Waals surface area contributed by atoms with E-state index in [1.165, 1.54) is 0 Å². The van der Waals surface area contributed by atoms with Crippen LogP contribution in [-0.2, 0) is 4.79 Å². The summed E-state index contributed by atoms with van der Waals surface area (Å²) in [6, 6.07) is 0.